The molecule has 30 heavy (non-hydrogen) atoms. The molecule has 0 fully saturated rings. The van der Waals surface area contributed by atoms with Crippen molar-refractivity contribution in [1.82, 2.24) is 24.3 Å². The number of amides is 1. The average Bonchev–Trinajstić information content (AvgIpc) is 3.08. The first kappa shape index (κ1) is 19.3. The number of nitrogens with two attached hydrogens (primary N) is 1. The molecule has 0 aliphatic heterocycles. The van der Waals surface area contributed by atoms with Crippen LogP contribution in [-0.4, -0.2) is 44.3 Å². The number of rotatable bonds is 6. The quantitative estimate of drug-likeness (QED) is 0.508. The number of fused-ring (bicyclic) bond motifs is 1. The third-order valence-electron chi connectivity index (χ3n) is 4.62. The van der Waals surface area contributed by atoms with Gasteiger partial charge < -0.3 is 16.0 Å². The molecule has 9 nitrogen and oxygen atoms in total. The summed E-state index contributed by atoms with van der Waals surface area (Å²) in [4.78, 5) is 31.9. The maximum Gasteiger partial charge on any atom is 0.252 e. The summed E-state index contributed by atoms with van der Waals surface area (Å²) < 4.78 is 1.78. The van der Waals surface area contributed by atoms with Gasteiger partial charge in [0, 0.05) is 26.8 Å². The number of benzene rings is 1. The van der Waals surface area contributed by atoms with E-state index in [1.165, 1.54) is 0 Å². The van der Waals surface area contributed by atoms with Gasteiger partial charge >= 0.3 is 0 Å². The third kappa shape index (κ3) is 3.64. The molecular weight excluding hydrogens is 380 g/mol. The Bertz CT molecular complexity index is 1220. The molecule has 3 heterocycles. The molecule has 9 heteroatoms. The first-order chi connectivity index (χ1) is 14.4. The molecule has 1 aromatic carbocycles. The van der Waals surface area contributed by atoms with Gasteiger partial charge in [0.25, 0.3) is 5.91 Å². The fourth-order valence-electron chi connectivity index (χ4n) is 3.17. The molecule has 0 spiro atoms. The molecule has 0 saturated heterocycles. The molecule has 0 saturated carbocycles. The number of imidazole rings is 1. The highest BCUT2D eigenvalue weighted by Gasteiger charge is 2.19. The number of nitrogens with zero attached hydrogens (tertiary/aromatic N) is 6. The summed E-state index contributed by atoms with van der Waals surface area (Å²) in [5.41, 5.74) is 8.81. The van der Waals surface area contributed by atoms with E-state index in [-0.39, 0.29) is 0 Å². The van der Waals surface area contributed by atoms with Crippen molar-refractivity contribution in [2.45, 2.75) is 13.5 Å². The van der Waals surface area contributed by atoms with E-state index in [0.29, 0.717) is 46.9 Å². The van der Waals surface area contributed by atoms with Gasteiger partial charge in [0.05, 0.1) is 11.3 Å². The van der Waals surface area contributed by atoms with Crippen LogP contribution in [0.4, 0.5) is 11.9 Å². The molecule has 0 unspecified atom stereocenters. The van der Waals surface area contributed by atoms with Crippen molar-refractivity contribution >= 4 is 23.5 Å². The zero-order valence-electron chi connectivity index (χ0n) is 17.0. The van der Waals surface area contributed by atoms with E-state index in [4.69, 9.17) is 5.73 Å². The third-order valence-corrected chi connectivity index (χ3v) is 4.62. The van der Waals surface area contributed by atoms with Gasteiger partial charge in [0.15, 0.2) is 5.82 Å². The number of aromatic nitrogens is 5. The Kier molecular flexibility index (Phi) is 5.01. The van der Waals surface area contributed by atoms with Crippen molar-refractivity contribution in [2.24, 2.45) is 5.73 Å². The summed E-state index contributed by atoms with van der Waals surface area (Å²) in [7, 11) is 3.74. The zero-order valence-corrected chi connectivity index (χ0v) is 17.0. The molecular formula is C21H22N8O. The summed E-state index contributed by atoms with van der Waals surface area (Å²) in [6.45, 7) is 2.43. The maximum absolute atomic E-state index is 11.8. The monoisotopic (exact) mass is 402 g/mol. The van der Waals surface area contributed by atoms with Gasteiger partial charge in [-0.15, -0.1) is 0 Å². The number of primary amides is 1. The first-order valence-corrected chi connectivity index (χ1v) is 9.43. The van der Waals surface area contributed by atoms with Crippen molar-refractivity contribution in [3.05, 3.63) is 65.5 Å². The van der Waals surface area contributed by atoms with Crippen molar-refractivity contribution in [3.8, 4) is 11.5 Å². The van der Waals surface area contributed by atoms with Gasteiger partial charge in [0.2, 0.25) is 11.9 Å². The van der Waals surface area contributed by atoms with Crippen LogP contribution in [0.15, 0.2) is 48.7 Å². The minimum atomic E-state index is -0.535. The lowest BCUT2D eigenvalue weighted by atomic mass is 10.2. The van der Waals surface area contributed by atoms with Gasteiger partial charge in [-0.2, -0.15) is 15.0 Å². The average molecular weight is 402 g/mol. The summed E-state index contributed by atoms with van der Waals surface area (Å²) in [5, 5.41) is 3.26. The molecule has 0 atom stereocenters. The van der Waals surface area contributed by atoms with Gasteiger partial charge in [-0.1, -0.05) is 30.3 Å². The van der Waals surface area contributed by atoms with Crippen LogP contribution in [-0.2, 0) is 6.54 Å². The number of aryl methyl sites for hydroxylation is 1. The number of anilines is 2. The highest BCUT2D eigenvalue weighted by atomic mass is 16.1. The van der Waals surface area contributed by atoms with Gasteiger partial charge in [-0.3, -0.25) is 9.20 Å². The van der Waals surface area contributed by atoms with E-state index < -0.39 is 5.91 Å². The second-order valence-electron chi connectivity index (χ2n) is 7.04. The smallest absolute Gasteiger partial charge is 0.252 e. The van der Waals surface area contributed by atoms with E-state index in [0.717, 1.165) is 5.56 Å². The Morgan fingerprint density at radius 2 is 1.83 bits per heavy atom. The Morgan fingerprint density at radius 3 is 2.53 bits per heavy atom. The Balaban J connectivity index is 1.80. The molecule has 0 radical (unpaired) electrons. The van der Waals surface area contributed by atoms with E-state index in [1.54, 1.807) is 16.5 Å². The van der Waals surface area contributed by atoms with Crippen molar-refractivity contribution < 1.29 is 4.79 Å². The fourth-order valence-corrected chi connectivity index (χ4v) is 3.17. The lowest BCUT2D eigenvalue weighted by molar-refractivity contribution is 0.100. The molecule has 4 aromatic rings. The molecule has 0 aliphatic rings. The van der Waals surface area contributed by atoms with Crippen molar-refractivity contribution in [2.75, 3.05) is 24.3 Å². The molecule has 4 rings (SSSR count). The van der Waals surface area contributed by atoms with E-state index in [2.05, 4.69) is 25.3 Å². The topological polar surface area (TPSA) is 114 Å². The second kappa shape index (κ2) is 7.78. The first-order valence-electron chi connectivity index (χ1n) is 9.43. The Hall–Kier alpha value is -4.01. The van der Waals surface area contributed by atoms with Crippen molar-refractivity contribution in [1.29, 1.82) is 0 Å². The zero-order chi connectivity index (χ0) is 21.3. The fraction of sp³-hybridized carbons (Fsp3) is 0.190. The second-order valence-corrected chi connectivity index (χ2v) is 7.04. The number of carbonyl (C=O) groups excluding carboxylic acids is 1. The predicted octanol–water partition coefficient (Wildman–Crippen LogP) is 2.27. The number of hydrogen-bond donors (Lipinski definition) is 2. The maximum atomic E-state index is 11.8. The van der Waals surface area contributed by atoms with Gasteiger partial charge in [-0.05, 0) is 24.6 Å². The molecule has 3 aromatic heterocycles. The molecule has 0 aliphatic carbocycles. The van der Waals surface area contributed by atoms with Crippen LogP contribution in [0.1, 0.15) is 21.6 Å². The minimum absolute atomic E-state index is 0.344. The van der Waals surface area contributed by atoms with Crippen LogP contribution in [0, 0.1) is 6.92 Å². The Morgan fingerprint density at radius 1 is 1.07 bits per heavy atom. The van der Waals surface area contributed by atoms with Crippen LogP contribution in [0.3, 0.4) is 0 Å². The minimum Gasteiger partial charge on any atom is -0.365 e. The van der Waals surface area contributed by atoms with Crippen LogP contribution in [0.25, 0.3) is 17.2 Å². The van der Waals surface area contributed by atoms with E-state index in [1.807, 2.05) is 62.4 Å². The van der Waals surface area contributed by atoms with Crippen LogP contribution in [0.2, 0.25) is 0 Å². The number of hydrogen-bond acceptors (Lipinski definition) is 7. The summed E-state index contributed by atoms with van der Waals surface area (Å²) >= 11 is 0. The predicted molar refractivity (Wildman–Crippen MR) is 115 cm³/mol. The molecule has 152 valence electrons. The standard InChI is InChI=1S/C21H22N8O/c1-13-16(29-11-7-10-15(17(22)30)19(29)24-13)18-25-20(27-21(26-18)28(2)3)23-12-14-8-5-4-6-9-14/h4-11H,12H2,1-3H3,(H2,22,30)(H,23,25,26,27). The normalized spacial score (nSPS) is 10.9. The van der Waals surface area contributed by atoms with Gasteiger partial charge in [-0.25, -0.2) is 4.98 Å². The number of nitrogens with one attached hydrogen (secondary N) is 1. The molecule has 1 amide bonds. The largest absolute Gasteiger partial charge is 0.365 e. The van der Waals surface area contributed by atoms with Gasteiger partial charge in [0.1, 0.15) is 11.3 Å². The van der Waals surface area contributed by atoms with E-state index in [9.17, 15) is 4.79 Å². The molecule has 3 N–H and O–H groups in total. The highest BCUT2D eigenvalue weighted by molar-refractivity contribution is 5.99. The van der Waals surface area contributed by atoms with Crippen molar-refractivity contribution in [3.63, 3.8) is 0 Å². The number of carbonyl (C=O) groups is 1. The summed E-state index contributed by atoms with van der Waals surface area (Å²) in [6, 6.07) is 13.4. The SMILES string of the molecule is Cc1nc2c(C(N)=O)cccn2c1-c1nc(NCc2ccccc2)nc(N(C)C)n1. The number of pyridine rings is 1. The lowest BCUT2D eigenvalue weighted by Gasteiger charge is -2.14. The van der Waals surface area contributed by atoms with Crippen LogP contribution in [0.5, 0.6) is 0 Å². The highest BCUT2D eigenvalue weighted by Crippen LogP contribution is 2.25. The lowest BCUT2D eigenvalue weighted by Crippen LogP contribution is -2.16. The summed E-state index contributed by atoms with van der Waals surface area (Å²) in [6.07, 6.45) is 1.81. The van der Waals surface area contributed by atoms with Crippen LogP contribution >= 0.6 is 0 Å². The van der Waals surface area contributed by atoms with Crippen LogP contribution < -0.4 is 16.0 Å². The Labute approximate surface area is 173 Å². The molecule has 0 bridgehead atoms. The summed E-state index contributed by atoms with van der Waals surface area (Å²) in [5.74, 6) is 0.881. The van der Waals surface area contributed by atoms with E-state index >= 15 is 0 Å².